The normalized spacial score (nSPS) is 15.4. The molecule has 0 saturated heterocycles. The molecule has 1 nitrogen and oxygen atoms in total. The van der Waals surface area contributed by atoms with Crippen molar-refractivity contribution in [2.75, 3.05) is 0 Å². The summed E-state index contributed by atoms with van der Waals surface area (Å²) in [4.78, 5) is 0. The predicted molar refractivity (Wildman–Crippen MR) is 46.9 cm³/mol. The van der Waals surface area contributed by atoms with Crippen LogP contribution < -0.4 is 5.73 Å². The number of allylic oxidation sites excluding steroid dienone is 1. The van der Waals surface area contributed by atoms with E-state index in [4.69, 9.17) is 5.73 Å². The topological polar surface area (TPSA) is 26.0 Å². The number of hydrogen-bond donors (Lipinski definition) is 1. The van der Waals surface area contributed by atoms with Gasteiger partial charge in [0.1, 0.15) is 0 Å². The van der Waals surface area contributed by atoms with E-state index < -0.39 is 0 Å². The lowest BCUT2D eigenvalue weighted by Crippen LogP contribution is -2.15. The zero-order chi connectivity index (χ0) is 7.98. The van der Waals surface area contributed by atoms with Gasteiger partial charge in [0.2, 0.25) is 0 Å². The second-order valence-electron chi connectivity index (χ2n) is 2.88. The average molecular weight is 141 g/mol. The first kappa shape index (κ1) is 9.70. The van der Waals surface area contributed by atoms with Crippen molar-refractivity contribution in [3.05, 3.63) is 11.6 Å². The molecule has 0 heterocycles. The molecule has 0 amide bonds. The molecular weight excluding hydrogens is 122 g/mol. The molecule has 0 saturated carbocycles. The highest BCUT2D eigenvalue weighted by Gasteiger charge is 1.93. The monoisotopic (exact) mass is 141 g/mol. The standard InChI is InChI=1S/C9H19N/c1-4-5-6-7-8(2)9(3)10/h7,9H,4-6,10H2,1-3H3/b8-7+/t9-/m0/s1. The van der Waals surface area contributed by atoms with E-state index in [-0.39, 0.29) is 6.04 Å². The molecule has 0 aliphatic rings. The second-order valence-corrected chi connectivity index (χ2v) is 2.88. The van der Waals surface area contributed by atoms with E-state index in [1.165, 1.54) is 24.8 Å². The SMILES string of the molecule is CCCC/C=C(\C)[C@H](C)N. The van der Waals surface area contributed by atoms with Gasteiger partial charge in [-0.3, -0.25) is 0 Å². The van der Waals surface area contributed by atoms with Crippen LogP contribution in [-0.2, 0) is 0 Å². The van der Waals surface area contributed by atoms with Crippen LogP contribution in [0.1, 0.15) is 40.0 Å². The molecule has 0 aromatic heterocycles. The first-order valence-electron chi connectivity index (χ1n) is 4.10. The Labute approximate surface area is 64.3 Å². The lowest BCUT2D eigenvalue weighted by Gasteiger charge is -2.03. The molecule has 0 aromatic rings. The molecule has 1 atom stereocenters. The second kappa shape index (κ2) is 5.48. The van der Waals surface area contributed by atoms with Crippen molar-refractivity contribution in [1.29, 1.82) is 0 Å². The van der Waals surface area contributed by atoms with E-state index in [1.807, 2.05) is 6.92 Å². The Kier molecular flexibility index (Phi) is 5.32. The molecule has 0 bridgehead atoms. The molecule has 1 heteroatoms. The highest BCUT2D eigenvalue weighted by Crippen LogP contribution is 2.02. The van der Waals surface area contributed by atoms with Gasteiger partial charge in [0, 0.05) is 6.04 Å². The number of nitrogens with two attached hydrogens (primary N) is 1. The first-order chi connectivity index (χ1) is 4.68. The quantitative estimate of drug-likeness (QED) is 0.472. The summed E-state index contributed by atoms with van der Waals surface area (Å²) in [5.74, 6) is 0. The largest absolute Gasteiger partial charge is 0.324 e. The zero-order valence-corrected chi connectivity index (χ0v) is 7.35. The van der Waals surface area contributed by atoms with Gasteiger partial charge < -0.3 is 5.73 Å². The van der Waals surface area contributed by atoms with Crippen molar-refractivity contribution in [2.24, 2.45) is 5.73 Å². The molecule has 0 aliphatic heterocycles. The van der Waals surface area contributed by atoms with E-state index >= 15 is 0 Å². The third-order valence-electron chi connectivity index (χ3n) is 1.74. The maximum absolute atomic E-state index is 5.65. The summed E-state index contributed by atoms with van der Waals surface area (Å²) in [7, 11) is 0. The minimum Gasteiger partial charge on any atom is -0.324 e. The lowest BCUT2D eigenvalue weighted by molar-refractivity contribution is 0.790. The molecular formula is C9H19N. The van der Waals surface area contributed by atoms with Gasteiger partial charge in [-0.25, -0.2) is 0 Å². The summed E-state index contributed by atoms with van der Waals surface area (Å²) >= 11 is 0. The Morgan fingerprint density at radius 2 is 2.20 bits per heavy atom. The Bertz CT molecular complexity index is 103. The van der Waals surface area contributed by atoms with Crippen LogP contribution in [0.3, 0.4) is 0 Å². The number of rotatable bonds is 4. The fourth-order valence-corrected chi connectivity index (χ4v) is 0.720. The third-order valence-corrected chi connectivity index (χ3v) is 1.74. The van der Waals surface area contributed by atoms with E-state index in [9.17, 15) is 0 Å². The summed E-state index contributed by atoms with van der Waals surface area (Å²) in [5, 5.41) is 0. The fourth-order valence-electron chi connectivity index (χ4n) is 0.720. The maximum atomic E-state index is 5.65. The van der Waals surface area contributed by atoms with Crippen molar-refractivity contribution >= 4 is 0 Å². The Morgan fingerprint density at radius 1 is 1.60 bits per heavy atom. The number of hydrogen-bond acceptors (Lipinski definition) is 1. The minimum absolute atomic E-state index is 0.233. The van der Waals surface area contributed by atoms with Gasteiger partial charge in [-0.2, -0.15) is 0 Å². The van der Waals surface area contributed by atoms with Crippen LogP contribution >= 0.6 is 0 Å². The van der Waals surface area contributed by atoms with Crippen LogP contribution in [-0.4, -0.2) is 6.04 Å². The highest BCUT2D eigenvalue weighted by molar-refractivity contribution is 5.04. The first-order valence-corrected chi connectivity index (χ1v) is 4.10. The minimum atomic E-state index is 0.233. The molecule has 0 radical (unpaired) electrons. The maximum Gasteiger partial charge on any atom is 0.0222 e. The van der Waals surface area contributed by atoms with Crippen molar-refractivity contribution in [1.82, 2.24) is 0 Å². The fraction of sp³-hybridized carbons (Fsp3) is 0.778. The molecule has 0 fully saturated rings. The lowest BCUT2D eigenvalue weighted by atomic mass is 10.1. The predicted octanol–water partition coefficient (Wildman–Crippen LogP) is 2.47. The molecule has 0 spiro atoms. The van der Waals surface area contributed by atoms with Gasteiger partial charge in [0.15, 0.2) is 0 Å². The molecule has 0 aromatic carbocycles. The van der Waals surface area contributed by atoms with Crippen LogP contribution in [0, 0.1) is 0 Å². The smallest absolute Gasteiger partial charge is 0.0222 e. The molecule has 0 aliphatic carbocycles. The van der Waals surface area contributed by atoms with E-state index in [1.54, 1.807) is 0 Å². The van der Waals surface area contributed by atoms with Crippen molar-refractivity contribution in [3.8, 4) is 0 Å². The van der Waals surface area contributed by atoms with Gasteiger partial charge in [-0.15, -0.1) is 0 Å². The summed E-state index contributed by atoms with van der Waals surface area (Å²) in [5.41, 5.74) is 6.96. The highest BCUT2D eigenvalue weighted by atomic mass is 14.6. The summed E-state index contributed by atoms with van der Waals surface area (Å²) < 4.78 is 0. The zero-order valence-electron chi connectivity index (χ0n) is 7.35. The average Bonchev–Trinajstić information content (AvgIpc) is 1.88. The third kappa shape index (κ3) is 4.57. The van der Waals surface area contributed by atoms with Gasteiger partial charge >= 0.3 is 0 Å². The van der Waals surface area contributed by atoms with Gasteiger partial charge in [-0.1, -0.05) is 31.4 Å². The van der Waals surface area contributed by atoms with Crippen LogP contribution in [0.5, 0.6) is 0 Å². The molecule has 60 valence electrons. The van der Waals surface area contributed by atoms with E-state index in [0.29, 0.717) is 0 Å². The Hall–Kier alpha value is -0.300. The molecule has 0 unspecified atom stereocenters. The van der Waals surface area contributed by atoms with Crippen LogP contribution in [0.25, 0.3) is 0 Å². The Balaban J connectivity index is 3.48. The van der Waals surface area contributed by atoms with Gasteiger partial charge in [0.25, 0.3) is 0 Å². The van der Waals surface area contributed by atoms with Crippen molar-refractivity contribution in [3.63, 3.8) is 0 Å². The molecule has 2 N–H and O–H groups in total. The summed E-state index contributed by atoms with van der Waals surface area (Å²) in [6.07, 6.45) is 5.98. The van der Waals surface area contributed by atoms with Gasteiger partial charge in [-0.05, 0) is 20.3 Å². The number of unbranched alkanes of at least 4 members (excludes halogenated alkanes) is 2. The summed E-state index contributed by atoms with van der Waals surface area (Å²) in [6, 6.07) is 0.233. The van der Waals surface area contributed by atoms with Crippen LogP contribution in [0.15, 0.2) is 11.6 Å². The van der Waals surface area contributed by atoms with Crippen LogP contribution in [0.4, 0.5) is 0 Å². The van der Waals surface area contributed by atoms with Crippen molar-refractivity contribution < 1.29 is 0 Å². The molecule has 10 heavy (non-hydrogen) atoms. The summed E-state index contributed by atoms with van der Waals surface area (Å²) in [6.45, 7) is 6.33. The van der Waals surface area contributed by atoms with Gasteiger partial charge in [0.05, 0.1) is 0 Å². The molecule has 0 rings (SSSR count). The van der Waals surface area contributed by atoms with Crippen molar-refractivity contribution in [2.45, 2.75) is 46.1 Å². The van der Waals surface area contributed by atoms with E-state index in [2.05, 4.69) is 19.9 Å². The van der Waals surface area contributed by atoms with Crippen LogP contribution in [0.2, 0.25) is 0 Å². The Morgan fingerprint density at radius 3 is 2.60 bits per heavy atom. The van der Waals surface area contributed by atoms with E-state index in [0.717, 1.165) is 0 Å².